The van der Waals surface area contributed by atoms with Crippen LogP contribution in [-0.2, 0) is 4.79 Å². The average Bonchev–Trinajstić information content (AvgIpc) is 2.62. The highest BCUT2D eigenvalue weighted by Gasteiger charge is 2.12. The molecule has 0 unspecified atom stereocenters. The fourth-order valence-electron chi connectivity index (χ4n) is 2.67. The summed E-state index contributed by atoms with van der Waals surface area (Å²) >= 11 is 0. The smallest absolute Gasteiger partial charge is 0.243 e. The van der Waals surface area contributed by atoms with Crippen molar-refractivity contribution in [1.29, 1.82) is 0 Å². The molecule has 3 aromatic rings. The molecule has 26 heavy (non-hydrogen) atoms. The lowest BCUT2D eigenvalue weighted by atomic mass is 10.2. The zero-order valence-corrected chi connectivity index (χ0v) is 15.1. The Morgan fingerprint density at radius 2 is 1.85 bits per heavy atom. The van der Waals surface area contributed by atoms with Crippen LogP contribution in [0.3, 0.4) is 0 Å². The minimum atomic E-state index is -0.118. The van der Waals surface area contributed by atoms with Crippen molar-refractivity contribution in [3.8, 4) is 5.75 Å². The molecule has 6 heteroatoms. The fourth-order valence-corrected chi connectivity index (χ4v) is 2.67. The SMILES string of the molecule is CC(C)Oc1ccc(NC(=O)CN(C)c2ncnc3ccccc23)cc1. The van der Waals surface area contributed by atoms with E-state index in [2.05, 4.69) is 15.3 Å². The van der Waals surface area contributed by atoms with Gasteiger partial charge in [-0.15, -0.1) is 0 Å². The maximum atomic E-state index is 12.4. The molecule has 0 aliphatic carbocycles. The number of rotatable bonds is 6. The number of nitrogens with one attached hydrogen (secondary N) is 1. The minimum absolute atomic E-state index is 0.117. The second-order valence-corrected chi connectivity index (χ2v) is 6.31. The number of likely N-dealkylation sites (N-methyl/N-ethyl adjacent to an activating group) is 1. The van der Waals surface area contributed by atoms with Gasteiger partial charge in [0.2, 0.25) is 5.91 Å². The molecule has 0 aliphatic rings. The molecule has 1 N–H and O–H groups in total. The van der Waals surface area contributed by atoms with Crippen LogP contribution in [0.5, 0.6) is 5.75 Å². The Morgan fingerprint density at radius 1 is 1.12 bits per heavy atom. The first-order chi connectivity index (χ1) is 12.5. The number of hydrogen-bond donors (Lipinski definition) is 1. The monoisotopic (exact) mass is 350 g/mol. The van der Waals surface area contributed by atoms with Crippen molar-refractivity contribution in [2.24, 2.45) is 0 Å². The van der Waals surface area contributed by atoms with E-state index < -0.39 is 0 Å². The summed E-state index contributed by atoms with van der Waals surface area (Å²) in [6.45, 7) is 4.13. The van der Waals surface area contributed by atoms with Crippen LogP contribution in [0.2, 0.25) is 0 Å². The Labute approximate surface area is 152 Å². The number of aromatic nitrogens is 2. The van der Waals surface area contributed by atoms with Crippen LogP contribution < -0.4 is 15.0 Å². The zero-order chi connectivity index (χ0) is 18.5. The van der Waals surface area contributed by atoms with Crippen LogP contribution in [0.15, 0.2) is 54.9 Å². The molecule has 0 saturated carbocycles. The van der Waals surface area contributed by atoms with E-state index in [1.807, 2.05) is 74.3 Å². The second-order valence-electron chi connectivity index (χ2n) is 6.31. The molecule has 6 nitrogen and oxygen atoms in total. The predicted molar refractivity (Wildman–Crippen MR) is 104 cm³/mol. The third kappa shape index (κ3) is 4.27. The maximum absolute atomic E-state index is 12.4. The Hall–Kier alpha value is -3.15. The van der Waals surface area contributed by atoms with Crippen LogP contribution in [0.4, 0.5) is 11.5 Å². The molecule has 3 rings (SSSR count). The number of carbonyl (C=O) groups excluding carboxylic acids is 1. The molecule has 1 amide bonds. The highest BCUT2D eigenvalue weighted by Crippen LogP contribution is 2.21. The van der Waals surface area contributed by atoms with Gasteiger partial charge in [0.05, 0.1) is 18.2 Å². The van der Waals surface area contributed by atoms with Gasteiger partial charge in [0.15, 0.2) is 0 Å². The van der Waals surface area contributed by atoms with Gasteiger partial charge in [-0.2, -0.15) is 0 Å². The maximum Gasteiger partial charge on any atom is 0.243 e. The van der Waals surface area contributed by atoms with Gasteiger partial charge in [0.25, 0.3) is 0 Å². The normalized spacial score (nSPS) is 10.8. The van der Waals surface area contributed by atoms with E-state index in [4.69, 9.17) is 4.74 Å². The van der Waals surface area contributed by atoms with E-state index in [0.717, 1.165) is 28.2 Å². The number of anilines is 2. The third-order valence-corrected chi connectivity index (χ3v) is 3.77. The standard InChI is InChI=1S/C20H22N4O2/c1-14(2)26-16-10-8-15(9-11-16)23-19(25)12-24(3)20-17-6-4-5-7-18(17)21-13-22-20/h4-11,13-14H,12H2,1-3H3,(H,23,25). The molecular formula is C20H22N4O2. The molecular weight excluding hydrogens is 328 g/mol. The summed E-state index contributed by atoms with van der Waals surface area (Å²) in [6.07, 6.45) is 1.63. The van der Waals surface area contributed by atoms with Crippen molar-refractivity contribution < 1.29 is 9.53 Å². The summed E-state index contributed by atoms with van der Waals surface area (Å²) in [5, 5.41) is 3.81. The summed E-state index contributed by atoms with van der Waals surface area (Å²) in [5.74, 6) is 1.39. The second kappa shape index (κ2) is 7.82. The Morgan fingerprint density at radius 3 is 2.58 bits per heavy atom. The van der Waals surface area contributed by atoms with E-state index in [9.17, 15) is 4.79 Å². The molecule has 0 spiro atoms. The van der Waals surface area contributed by atoms with Gasteiger partial charge < -0.3 is 15.0 Å². The quantitative estimate of drug-likeness (QED) is 0.737. The van der Waals surface area contributed by atoms with Crippen molar-refractivity contribution in [2.45, 2.75) is 20.0 Å². The first-order valence-electron chi connectivity index (χ1n) is 8.50. The summed E-state index contributed by atoms with van der Waals surface area (Å²) in [4.78, 5) is 22.8. The summed E-state index contributed by atoms with van der Waals surface area (Å²) < 4.78 is 5.60. The van der Waals surface area contributed by atoms with Crippen LogP contribution >= 0.6 is 0 Å². The number of fused-ring (bicyclic) bond motifs is 1. The van der Waals surface area contributed by atoms with E-state index in [-0.39, 0.29) is 18.6 Å². The Kier molecular flexibility index (Phi) is 5.31. The largest absolute Gasteiger partial charge is 0.491 e. The summed E-state index contributed by atoms with van der Waals surface area (Å²) in [5.41, 5.74) is 1.58. The molecule has 0 atom stereocenters. The van der Waals surface area contributed by atoms with Gasteiger partial charge >= 0.3 is 0 Å². The van der Waals surface area contributed by atoms with Gasteiger partial charge in [-0.3, -0.25) is 4.79 Å². The first kappa shape index (κ1) is 17.7. The predicted octanol–water partition coefficient (Wildman–Crippen LogP) is 3.49. The molecule has 0 bridgehead atoms. The Bertz CT molecular complexity index is 888. The lowest BCUT2D eigenvalue weighted by Crippen LogP contribution is -2.30. The molecule has 2 aromatic carbocycles. The van der Waals surface area contributed by atoms with E-state index in [0.29, 0.717) is 0 Å². The number of benzene rings is 2. The first-order valence-corrected chi connectivity index (χ1v) is 8.50. The fraction of sp³-hybridized carbons (Fsp3) is 0.250. The zero-order valence-electron chi connectivity index (χ0n) is 15.1. The number of hydrogen-bond acceptors (Lipinski definition) is 5. The van der Waals surface area contributed by atoms with Gasteiger partial charge in [-0.05, 0) is 50.2 Å². The molecule has 134 valence electrons. The number of nitrogens with zero attached hydrogens (tertiary/aromatic N) is 3. The summed E-state index contributed by atoms with van der Waals surface area (Å²) in [6, 6.07) is 15.1. The van der Waals surface area contributed by atoms with Gasteiger partial charge in [-0.1, -0.05) is 12.1 Å². The van der Waals surface area contributed by atoms with Crippen molar-refractivity contribution in [3.05, 3.63) is 54.9 Å². The van der Waals surface area contributed by atoms with Crippen LogP contribution in [0.1, 0.15) is 13.8 Å². The van der Waals surface area contributed by atoms with Crippen molar-refractivity contribution in [2.75, 3.05) is 23.8 Å². The van der Waals surface area contributed by atoms with Crippen LogP contribution in [-0.4, -0.2) is 35.6 Å². The van der Waals surface area contributed by atoms with Gasteiger partial charge in [-0.25, -0.2) is 9.97 Å². The summed E-state index contributed by atoms with van der Waals surface area (Å²) in [7, 11) is 1.84. The van der Waals surface area contributed by atoms with E-state index in [1.54, 1.807) is 0 Å². The van der Waals surface area contributed by atoms with Crippen LogP contribution in [0, 0.1) is 0 Å². The van der Waals surface area contributed by atoms with Crippen LogP contribution in [0.25, 0.3) is 10.9 Å². The molecule has 0 aliphatic heterocycles. The molecule has 0 saturated heterocycles. The highest BCUT2D eigenvalue weighted by atomic mass is 16.5. The third-order valence-electron chi connectivity index (χ3n) is 3.77. The number of amides is 1. The number of carbonyl (C=O) groups is 1. The molecule has 0 radical (unpaired) electrons. The lowest BCUT2D eigenvalue weighted by molar-refractivity contribution is -0.114. The lowest BCUT2D eigenvalue weighted by Gasteiger charge is -2.19. The van der Waals surface area contributed by atoms with Gasteiger partial charge in [0.1, 0.15) is 17.9 Å². The van der Waals surface area contributed by atoms with Crippen molar-refractivity contribution in [1.82, 2.24) is 9.97 Å². The number of ether oxygens (including phenoxy) is 1. The highest BCUT2D eigenvalue weighted by molar-refractivity contribution is 5.96. The van der Waals surface area contributed by atoms with Crippen molar-refractivity contribution in [3.63, 3.8) is 0 Å². The molecule has 0 fully saturated rings. The average molecular weight is 350 g/mol. The Balaban J connectivity index is 1.65. The van der Waals surface area contributed by atoms with Gasteiger partial charge in [0, 0.05) is 18.1 Å². The van der Waals surface area contributed by atoms with Crippen molar-refractivity contribution >= 4 is 28.3 Å². The van der Waals surface area contributed by atoms with E-state index in [1.165, 1.54) is 6.33 Å². The molecule has 1 heterocycles. The number of para-hydroxylation sites is 1. The molecule has 1 aromatic heterocycles. The topological polar surface area (TPSA) is 67.3 Å². The minimum Gasteiger partial charge on any atom is -0.491 e. The van der Waals surface area contributed by atoms with E-state index >= 15 is 0 Å².